The Morgan fingerprint density at radius 1 is 1.12 bits per heavy atom. The summed E-state index contributed by atoms with van der Waals surface area (Å²) in [6, 6.07) is 15.6. The molecule has 132 valence electrons. The molecule has 0 radical (unpaired) electrons. The molecule has 2 heterocycles. The van der Waals surface area contributed by atoms with Crippen LogP contribution < -0.4 is 9.47 Å². The summed E-state index contributed by atoms with van der Waals surface area (Å²) in [4.78, 5) is 13.5. The number of hydrogen-bond acceptors (Lipinski definition) is 4. The van der Waals surface area contributed by atoms with Crippen LogP contribution in [0.25, 0.3) is 16.5 Å². The number of hydrogen-bond donors (Lipinski definition) is 0. The van der Waals surface area contributed by atoms with Gasteiger partial charge in [0.05, 0.1) is 18.3 Å². The zero-order chi connectivity index (χ0) is 18.1. The SMILES string of the molecule is COc1ccc(OCC2=CCSc3c2n(C(C)=O)c2ccccc32)cc1. The maximum atomic E-state index is 12.4. The lowest BCUT2D eigenvalue weighted by molar-refractivity contribution is 0.0940. The Morgan fingerprint density at radius 2 is 1.85 bits per heavy atom. The first-order valence-electron chi connectivity index (χ1n) is 8.42. The second-order valence-electron chi connectivity index (χ2n) is 6.05. The van der Waals surface area contributed by atoms with Crippen LogP contribution in [0.3, 0.4) is 0 Å². The van der Waals surface area contributed by atoms with E-state index < -0.39 is 0 Å². The summed E-state index contributed by atoms with van der Waals surface area (Å²) in [5.74, 6) is 2.46. The molecule has 0 atom stereocenters. The quantitative estimate of drug-likeness (QED) is 0.661. The topological polar surface area (TPSA) is 40.5 Å². The number of thioether (sulfide) groups is 1. The third kappa shape index (κ3) is 2.88. The van der Waals surface area contributed by atoms with Crippen LogP contribution in [0.2, 0.25) is 0 Å². The summed E-state index contributed by atoms with van der Waals surface area (Å²) in [6.07, 6.45) is 2.15. The largest absolute Gasteiger partial charge is 0.497 e. The molecule has 0 unspecified atom stereocenters. The number of carbonyl (C=O) groups excluding carboxylic acids is 1. The Morgan fingerprint density at radius 3 is 2.58 bits per heavy atom. The summed E-state index contributed by atoms with van der Waals surface area (Å²) in [5.41, 5.74) is 2.96. The third-order valence-electron chi connectivity index (χ3n) is 4.46. The van der Waals surface area contributed by atoms with Gasteiger partial charge in [0.25, 0.3) is 0 Å². The molecule has 4 rings (SSSR count). The van der Waals surface area contributed by atoms with Crippen molar-refractivity contribution in [3.63, 3.8) is 0 Å². The molecular weight excluding hydrogens is 346 g/mol. The Kier molecular flexibility index (Phi) is 4.47. The maximum absolute atomic E-state index is 12.4. The van der Waals surface area contributed by atoms with Crippen molar-refractivity contribution >= 4 is 34.1 Å². The van der Waals surface area contributed by atoms with Crippen molar-refractivity contribution in [3.8, 4) is 11.5 Å². The summed E-state index contributed by atoms with van der Waals surface area (Å²) >= 11 is 1.77. The second kappa shape index (κ2) is 6.92. The first kappa shape index (κ1) is 16.8. The van der Waals surface area contributed by atoms with Gasteiger partial charge in [-0.15, -0.1) is 11.8 Å². The van der Waals surface area contributed by atoms with Crippen LogP contribution in [-0.2, 0) is 0 Å². The molecule has 5 heteroatoms. The Bertz CT molecular complexity index is 1000. The predicted molar refractivity (Wildman–Crippen MR) is 105 cm³/mol. The highest BCUT2D eigenvalue weighted by molar-refractivity contribution is 7.99. The third-order valence-corrected chi connectivity index (χ3v) is 5.49. The van der Waals surface area contributed by atoms with Crippen LogP contribution >= 0.6 is 11.8 Å². The highest BCUT2D eigenvalue weighted by atomic mass is 32.2. The number of carbonyl (C=O) groups is 1. The standard InChI is InChI=1S/C21H19NO3S/c1-14(23)22-19-6-4-3-5-18(19)21-20(22)15(11-12-26-21)13-25-17-9-7-16(24-2)8-10-17/h3-11H,12-13H2,1-2H3. The molecular formula is C21H19NO3S. The fourth-order valence-electron chi connectivity index (χ4n) is 3.26. The summed E-state index contributed by atoms with van der Waals surface area (Å²) < 4.78 is 13.0. The van der Waals surface area contributed by atoms with Crippen LogP contribution in [-0.4, -0.2) is 29.9 Å². The minimum Gasteiger partial charge on any atom is -0.497 e. The van der Waals surface area contributed by atoms with E-state index in [2.05, 4.69) is 12.1 Å². The molecule has 26 heavy (non-hydrogen) atoms. The van der Waals surface area contributed by atoms with E-state index in [0.29, 0.717) is 6.61 Å². The van der Waals surface area contributed by atoms with Crippen LogP contribution in [0.1, 0.15) is 17.4 Å². The molecule has 0 bridgehead atoms. The number of methoxy groups -OCH3 is 1. The average molecular weight is 365 g/mol. The number of fused-ring (bicyclic) bond motifs is 3. The smallest absolute Gasteiger partial charge is 0.228 e. The first-order chi connectivity index (χ1) is 12.7. The summed E-state index contributed by atoms with van der Waals surface area (Å²) in [6.45, 7) is 2.03. The molecule has 0 aliphatic carbocycles. The monoisotopic (exact) mass is 365 g/mol. The highest BCUT2D eigenvalue weighted by Gasteiger charge is 2.25. The Labute approximate surface area is 156 Å². The Hall–Kier alpha value is -2.66. The number of rotatable bonds is 4. The fourth-order valence-corrected chi connectivity index (χ4v) is 4.39. The van der Waals surface area contributed by atoms with E-state index in [1.165, 1.54) is 0 Å². The lowest BCUT2D eigenvalue weighted by Gasteiger charge is -2.17. The zero-order valence-corrected chi connectivity index (χ0v) is 15.5. The van der Waals surface area contributed by atoms with E-state index >= 15 is 0 Å². The summed E-state index contributed by atoms with van der Waals surface area (Å²) in [7, 11) is 1.64. The van der Waals surface area contributed by atoms with E-state index in [4.69, 9.17) is 9.47 Å². The van der Waals surface area contributed by atoms with Crippen molar-refractivity contribution in [1.82, 2.24) is 4.57 Å². The molecule has 0 N–H and O–H groups in total. The van der Waals surface area contributed by atoms with Gasteiger partial charge >= 0.3 is 0 Å². The lowest BCUT2D eigenvalue weighted by Crippen LogP contribution is -2.14. The Balaban J connectivity index is 1.69. The van der Waals surface area contributed by atoms with Crippen LogP contribution in [0.15, 0.2) is 59.5 Å². The van der Waals surface area contributed by atoms with Gasteiger partial charge in [-0.25, -0.2) is 0 Å². The molecule has 1 aliphatic rings. The predicted octanol–water partition coefficient (Wildman–Crippen LogP) is 4.88. The van der Waals surface area contributed by atoms with Gasteiger partial charge in [-0.2, -0.15) is 0 Å². The molecule has 1 aliphatic heterocycles. The molecule has 0 saturated heterocycles. The normalized spacial score (nSPS) is 13.2. The molecule has 4 nitrogen and oxygen atoms in total. The van der Waals surface area contributed by atoms with Gasteiger partial charge < -0.3 is 9.47 Å². The van der Waals surface area contributed by atoms with Gasteiger partial charge in [-0.05, 0) is 30.3 Å². The molecule has 0 saturated carbocycles. The van der Waals surface area contributed by atoms with Crippen LogP contribution in [0.5, 0.6) is 11.5 Å². The minimum atomic E-state index is 0.0142. The van der Waals surface area contributed by atoms with Gasteiger partial charge in [0, 0.05) is 28.5 Å². The van der Waals surface area contributed by atoms with E-state index in [-0.39, 0.29) is 5.91 Å². The summed E-state index contributed by atoms with van der Waals surface area (Å²) in [5, 5.41) is 1.12. The van der Waals surface area contributed by atoms with Crippen molar-refractivity contribution in [1.29, 1.82) is 0 Å². The van der Waals surface area contributed by atoms with Crippen molar-refractivity contribution in [2.75, 3.05) is 19.5 Å². The zero-order valence-electron chi connectivity index (χ0n) is 14.7. The first-order valence-corrected chi connectivity index (χ1v) is 9.41. The average Bonchev–Trinajstić information content (AvgIpc) is 3.02. The van der Waals surface area contributed by atoms with Gasteiger partial charge in [0.15, 0.2) is 0 Å². The molecule has 0 fully saturated rings. The van der Waals surface area contributed by atoms with Crippen molar-refractivity contribution in [2.24, 2.45) is 0 Å². The number of nitrogens with zero attached hydrogens (tertiary/aromatic N) is 1. The molecule has 0 spiro atoms. The van der Waals surface area contributed by atoms with Gasteiger partial charge in [0.2, 0.25) is 5.91 Å². The highest BCUT2D eigenvalue weighted by Crippen LogP contribution is 2.41. The van der Waals surface area contributed by atoms with Crippen LogP contribution in [0, 0.1) is 0 Å². The van der Waals surface area contributed by atoms with E-state index in [1.54, 1.807) is 30.4 Å². The van der Waals surface area contributed by atoms with Crippen LogP contribution in [0.4, 0.5) is 0 Å². The van der Waals surface area contributed by atoms with Crippen molar-refractivity contribution < 1.29 is 14.3 Å². The molecule has 3 aromatic rings. The van der Waals surface area contributed by atoms with Gasteiger partial charge in [0.1, 0.15) is 18.1 Å². The van der Waals surface area contributed by atoms with Crippen molar-refractivity contribution in [2.45, 2.75) is 11.8 Å². The maximum Gasteiger partial charge on any atom is 0.228 e. The second-order valence-corrected chi connectivity index (χ2v) is 7.08. The number of para-hydroxylation sites is 1. The number of ether oxygens (including phenoxy) is 2. The molecule has 2 aromatic carbocycles. The molecule has 1 aromatic heterocycles. The number of aromatic nitrogens is 1. The van der Waals surface area contributed by atoms with E-state index in [9.17, 15) is 4.79 Å². The van der Waals surface area contributed by atoms with Gasteiger partial charge in [-0.1, -0.05) is 24.3 Å². The van der Waals surface area contributed by atoms with Gasteiger partial charge in [-0.3, -0.25) is 9.36 Å². The molecule has 0 amide bonds. The van der Waals surface area contributed by atoms with Crippen molar-refractivity contribution in [3.05, 3.63) is 60.3 Å². The van der Waals surface area contributed by atoms with E-state index in [1.807, 2.05) is 42.5 Å². The minimum absolute atomic E-state index is 0.0142. The fraction of sp³-hybridized carbons (Fsp3) is 0.190. The van der Waals surface area contributed by atoms with E-state index in [0.717, 1.165) is 44.3 Å². The lowest BCUT2D eigenvalue weighted by atomic mass is 10.1. The number of benzene rings is 2.